The van der Waals surface area contributed by atoms with Gasteiger partial charge in [0, 0.05) is 31.1 Å². The first kappa shape index (κ1) is 18.3. The fourth-order valence-corrected chi connectivity index (χ4v) is 5.73. The summed E-state index contributed by atoms with van der Waals surface area (Å²) in [5, 5.41) is 12.8. The van der Waals surface area contributed by atoms with Crippen LogP contribution in [0.2, 0.25) is 0 Å². The van der Waals surface area contributed by atoms with Crippen molar-refractivity contribution >= 4 is 23.5 Å². The highest BCUT2D eigenvalue weighted by Gasteiger charge is 2.42. The molecular weight excluding hydrogens is 334 g/mol. The molecule has 0 unspecified atom stereocenters. The Morgan fingerprint density at radius 1 is 1.20 bits per heavy atom. The average Bonchev–Trinajstić information content (AvgIpc) is 3.13. The minimum absolute atomic E-state index is 0.117. The third kappa shape index (κ3) is 5.24. The van der Waals surface area contributed by atoms with Crippen molar-refractivity contribution in [1.82, 2.24) is 5.32 Å². The number of rotatable bonds is 8. The molecule has 5 heteroatoms. The normalized spacial score (nSPS) is 25.1. The zero-order chi connectivity index (χ0) is 17.6. The van der Waals surface area contributed by atoms with Crippen molar-refractivity contribution in [2.24, 2.45) is 11.8 Å². The molecule has 1 aromatic carbocycles. The lowest BCUT2D eigenvalue weighted by molar-refractivity contribution is -0.121. The molecule has 1 aromatic rings. The molecule has 1 heterocycles. The molecule has 2 fully saturated rings. The van der Waals surface area contributed by atoms with E-state index in [9.17, 15) is 14.7 Å². The molecule has 2 N–H and O–H groups in total. The van der Waals surface area contributed by atoms with E-state index in [1.807, 2.05) is 23.9 Å². The van der Waals surface area contributed by atoms with Crippen LogP contribution in [-0.4, -0.2) is 34.3 Å². The summed E-state index contributed by atoms with van der Waals surface area (Å²) in [4.78, 5) is 23.5. The zero-order valence-corrected chi connectivity index (χ0v) is 15.4. The van der Waals surface area contributed by atoms with Gasteiger partial charge in [0.1, 0.15) is 11.5 Å². The molecule has 1 aliphatic carbocycles. The molecule has 3 atom stereocenters. The van der Waals surface area contributed by atoms with Crippen LogP contribution in [0.1, 0.15) is 44.1 Å². The van der Waals surface area contributed by atoms with Gasteiger partial charge in [-0.15, -0.1) is 0 Å². The first-order valence-corrected chi connectivity index (χ1v) is 10.3. The number of unbranched alkanes of at least 4 members (excludes halogenated alkanes) is 1. The monoisotopic (exact) mass is 361 g/mol. The van der Waals surface area contributed by atoms with Crippen LogP contribution in [0.5, 0.6) is 5.75 Å². The van der Waals surface area contributed by atoms with Gasteiger partial charge in [-0.1, -0.05) is 18.6 Å². The summed E-state index contributed by atoms with van der Waals surface area (Å²) in [6.07, 6.45) is 6.09. The second-order valence-corrected chi connectivity index (χ2v) is 8.53. The van der Waals surface area contributed by atoms with Gasteiger partial charge in [0.15, 0.2) is 0 Å². The molecule has 1 amide bonds. The first-order valence-electron chi connectivity index (χ1n) is 9.30. The summed E-state index contributed by atoms with van der Waals surface area (Å²) >= 11 is 2.04. The van der Waals surface area contributed by atoms with E-state index in [0.717, 1.165) is 49.8 Å². The number of carbonyl (C=O) groups is 2. The van der Waals surface area contributed by atoms with E-state index in [-0.39, 0.29) is 11.7 Å². The van der Waals surface area contributed by atoms with E-state index >= 15 is 0 Å². The van der Waals surface area contributed by atoms with Gasteiger partial charge in [0.05, 0.1) is 0 Å². The average molecular weight is 362 g/mol. The van der Waals surface area contributed by atoms with Crippen molar-refractivity contribution < 1.29 is 14.7 Å². The fourth-order valence-electron chi connectivity index (χ4n) is 3.97. The molecule has 1 aliphatic heterocycles. The summed E-state index contributed by atoms with van der Waals surface area (Å²) in [5.74, 6) is 3.22. The summed E-state index contributed by atoms with van der Waals surface area (Å²) in [6.45, 7) is 0.633. The largest absolute Gasteiger partial charge is 0.508 e. The van der Waals surface area contributed by atoms with Crippen LogP contribution in [0.15, 0.2) is 24.3 Å². The highest BCUT2D eigenvalue weighted by Crippen LogP contribution is 2.47. The Bertz CT molecular complexity index is 601. The van der Waals surface area contributed by atoms with Crippen LogP contribution in [0.3, 0.4) is 0 Å². The molecular formula is C20H27NO3S. The Morgan fingerprint density at radius 2 is 2.00 bits per heavy atom. The number of amides is 1. The van der Waals surface area contributed by atoms with Crippen LogP contribution in [0.4, 0.5) is 0 Å². The van der Waals surface area contributed by atoms with Gasteiger partial charge in [-0.3, -0.25) is 9.59 Å². The van der Waals surface area contributed by atoms with Crippen LogP contribution in [0, 0.1) is 11.8 Å². The van der Waals surface area contributed by atoms with Crippen LogP contribution in [0.25, 0.3) is 0 Å². The van der Waals surface area contributed by atoms with E-state index in [1.54, 1.807) is 12.1 Å². The van der Waals surface area contributed by atoms with Gasteiger partial charge in [-0.2, -0.15) is 11.8 Å². The van der Waals surface area contributed by atoms with Crippen molar-refractivity contribution in [3.8, 4) is 5.75 Å². The summed E-state index contributed by atoms with van der Waals surface area (Å²) < 4.78 is 0. The van der Waals surface area contributed by atoms with Gasteiger partial charge >= 0.3 is 0 Å². The predicted octanol–water partition coefficient (Wildman–Crippen LogP) is 3.32. The van der Waals surface area contributed by atoms with E-state index in [2.05, 4.69) is 5.32 Å². The number of hydrogen-bond donors (Lipinski definition) is 2. The number of nitrogens with one attached hydrogen (secondary N) is 1. The minimum atomic E-state index is 0.117. The molecule has 1 saturated heterocycles. The van der Waals surface area contributed by atoms with Gasteiger partial charge < -0.3 is 10.4 Å². The molecule has 136 valence electrons. The number of Topliss-reactive ketones (excluding diaryl/α,β-unsaturated/α-hetero) is 1. The minimum Gasteiger partial charge on any atom is -0.508 e. The predicted molar refractivity (Wildman–Crippen MR) is 101 cm³/mol. The SMILES string of the molecule is O=C1C[C@H]2CS[C@@H](CCCCC(=O)NCCc3ccc(O)cc3)[C@H]2C1. The Hall–Kier alpha value is -1.49. The van der Waals surface area contributed by atoms with Crippen molar-refractivity contribution in [2.45, 2.75) is 50.2 Å². The Kier molecular flexibility index (Phi) is 6.40. The van der Waals surface area contributed by atoms with Crippen molar-refractivity contribution in [2.75, 3.05) is 12.3 Å². The molecule has 0 bridgehead atoms. The van der Waals surface area contributed by atoms with Crippen molar-refractivity contribution in [3.63, 3.8) is 0 Å². The third-order valence-electron chi connectivity index (χ3n) is 5.38. The quantitative estimate of drug-likeness (QED) is 0.697. The lowest BCUT2D eigenvalue weighted by atomic mass is 9.92. The number of aromatic hydroxyl groups is 1. The van der Waals surface area contributed by atoms with Gasteiger partial charge in [-0.25, -0.2) is 0 Å². The highest BCUT2D eigenvalue weighted by molar-refractivity contribution is 8.00. The number of ketones is 1. The summed E-state index contributed by atoms with van der Waals surface area (Å²) in [5.41, 5.74) is 1.11. The van der Waals surface area contributed by atoms with E-state index in [1.165, 1.54) is 0 Å². The fraction of sp³-hybridized carbons (Fsp3) is 0.600. The first-order chi connectivity index (χ1) is 12.1. The standard InChI is InChI=1S/C20H27NO3S/c22-16-7-5-14(6-8-16)9-10-21-20(24)4-2-1-3-19-18-12-17(23)11-15(18)13-25-19/h5-8,15,18-19,22H,1-4,9-13H2,(H,21,24)/t15-,18-,19-/m0/s1. The molecule has 3 rings (SSSR count). The van der Waals surface area contributed by atoms with Crippen molar-refractivity contribution in [1.29, 1.82) is 0 Å². The zero-order valence-electron chi connectivity index (χ0n) is 14.6. The molecule has 25 heavy (non-hydrogen) atoms. The van der Waals surface area contributed by atoms with Crippen molar-refractivity contribution in [3.05, 3.63) is 29.8 Å². The molecule has 0 spiro atoms. The Balaban J connectivity index is 1.26. The molecule has 1 saturated carbocycles. The Labute approximate surface area is 153 Å². The molecule has 0 aromatic heterocycles. The maximum Gasteiger partial charge on any atom is 0.220 e. The topological polar surface area (TPSA) is 66.4 Å². The number of benzene rings is 1. The molecule has 2 aliphatic rings. The van der Waals surface area contributed by atoms with Crippen LogP contribution in [-0.2, 0) is 16.0 Å². The van der Waals surface area contributed by atoms with Gasteiger partial charge in [0.2, 0.25) is 5.91 Å². The number of thioether (sulfide) groups is 1. The second kappa shape index (κ2) is 8.75. The lowest BCUT2D eigenvalue weighted by Crippen LogP contribution is -2.25. The Morgan fingerprint density at radius 3 is 2.80 bits per heavy atom. The van der Waals surface area contributed by atoms with E-state index in [4.69, 9.17) is 0 Å². The number of carbonyl (C=O) groups excluding carboxylic acids is 2. The molecule has 4 nitrogen and oxygen atoms in total. The van der Waals surface area contributed by atoms with Crippen LogP contribution >= 0.6 is 11.8 Å². The number of phenolic OH excluding ortho intramolecular Hbond substituents is 1. The smallest absolute Gasteiger partial charge is 0.220 e. The summed E-state index contributed by atoms with van der Waals surface area (Å²) in [7, 11) is 0. The second-order valence-electron chi connectivity index (χ2n) is 7.25. The maximum absolute atomic E-state index is 11.9. The molecule has 0 radical (unpaired) electrons. The third-order valence-corrected chi connectivity index (χ3v) is 7.01. The lowest BCUT2D eigenvalue weighted by Gasteiger charge is -2.16. The number of hydrogen-bond acceptors (Lipinski definition) is 4. The highest BCUT2D eigenvalue weighted by atomic mass is 32.2. The van der Waals surface area contributed by atoms with Gasteiger partial charge in [0.25, 0.3) is 0 Å². The number of fused-ring (bicyclic) bond motifs is 1. The van der Waals surface area contributed by atoms with Gasteiger partial charge in [-0.05, 0) is 54.5 Å². The summed E-state index contributed by atoms with van der Waals surface area (Å²) in [6, 6.07) is 7.09. The maximum atomic E-state index is 11.9. The van der Waals surface area contributed by atoms with Crippen LogP contribution < -0.4 is 5.32 Å². The van der Waals surface area contributed by atoms with E-state index in [0.29, 0.717) is 35.8 Å². The van der Waals surface area contributed by atoms with E-state index < -0.39 is 0 Å². The number of phenols is 1.